The third-order valence-electron chi connectivity index (χ3n) is 3.69. The number of para-hydroxylation sites is 1. The molecule has 0 fully saturated rings. The minimum atomic E-state index is -0.517. The molecule has 0 amide bonds. The van der Waals surface area contributed by atoms with Crippen molar-refractivity contribution in [3.05, 3.63) is 87.6 Å². The van der Waals surface area contributed by atoms with Gasteiger partial charge in [0.2, 0.25) is 5.90 Å². The summed E-state index contributed by atoms with van der Waals surface area (Å²) in [7, 11) is 1.61. The molecule has 0 saturated heterocycles. The van der Waals surface area contributed by atoms with Crippen LogP contribution in [0.4, 0.5) is 0 Å². The highest BCUT2D eigenvalue weighted by atomic mass is 35.5. The van der Waals surface area contributed by atoms with Crippen LogP contribution in [0.2, 0.25) is 10.0 Å². The fourth-order valence-corrected chi connectivity index (χ4v) is 2.74. The third kappa shape index (κ3) is 4.67. The van der Waals surface area contributed by atoms with Gasteiger partial charge in [-0.1, -0.05) is 65.7 Å². The minimum absolute atomic E-state index is 0.188. The maximum Gasteiger partial charge on any atom is 0.363 e. The summed E-state index contributed by atoms with van der Waals surface area (Å²) in [6.45, 7) is 0. The molecule has 0 aromatic heterocycles. The van der Waals surface area contributed by atoms with Gasteiger partial charge in [-0.15, -0.1) is 0 Å². The molecule has 0 saturated carbocycles. The molecule has 1 aliphatic heterocycles. The van der Waals surface area contributed by atoms with Gasteiger partial charge in [-0.25, -0.2) is 9.79 Å². The molecule has 2 aromatic rings. The Kier molecular flexibility index (Phi) is 6.12. The minimum Gasteiger partial charge on any atom is -0.496 e. The lowest BCUT2D eigenvalue weighted by Gasteiger charge is -2.02. The number of hydrogen-bond acceptors (Lipinski definition) is 4. The number of allylic oxidation sites excluding steroid dienone is 2. The predicted molar refractivity (Wildman–Crippen MR) is 109 cm³/mol. The number of rotatable bonds is 5. The van der Waals surface area contributed by atoms with E-state index in [0.29, 0.717) is 15.6 Å². The highest BCUT2D eigenvalue weighted by Crippen LogP contribution is 2.26. The zero-order valence-electron chi connectivity index (χ0n) is 14.4. The molecular weight excluding hydrogens is 385 g/mol. The van der Waals surface area contributed by atoms with Crippen LogP contribution in [0.1, 0.15) is 11.1 Å². The van der Waals surface area contributed by atoms with Crippen molar-refractivity contribution in [2.75, 3.05) is 7.11 Å². The lowest BCUT2D eigenvalue weighted by molar-refractivity contribution is -0.129. The molecule has 0 bridgehead atoms. The monoisotopic (exact) mass is 399 g/mol. The van der Waals surface area contributed by atoms with Crippen LogP contribution in [0.3, 0.4) is 0 Å². The van der Waals surface area contributed by atoms with Gasteiger partial charge in [-0.05, 0) is 29.8 Å². The highest BCUT2D eigenvalue weighted by molar-refractivity contribution is 6.42. The van der Waals surface area contributed by atoms with Crippen molar-refractivity contribution >= 4 is 47.2 Å². The van der Waals surface area contributed by atoms with Gasteiger partial charge in [0.25, 0.3) is 0 Å². The molecule has 6 heteroatoms. The molecule has 1 aliphatic rings. The topological polar surface area (TPSA) is 47.9 Å². The second-order valence-electron chi connectivity index (χ2n) is 5.47. The summed E-state index contributed by atoms with van der Waals surface area (Å²) in [4.78, 5) is 16.1. The fourth-order valence-electron chi connectivity index (χ4n) is 2.37. The zero-order valence-corrected chi connectivity index (χ0v) is 15.9. The number of halogens is 2. The number of benzene rings is 2. The molecule has 2 aromatic carbocycles. The van der Waals surface area contributed by atoms with E-state index in [1.54, 1.807) is 49.6 Å². The van der Waals surface area contributed by atoms with Gasteiger partial charge >= 0.3 is 5.97 Å². The van der Waals surface area contributed by atoms with Crippen LogP contribution in [-0.2, 0) is 9.53 Å². The van der Waals surface area contributed by atoms with Gasteiger partial charge < -0.3 is 9.47 Å². The van der Waals surface area contributed by atoms with Gasteiger partial charge in [-0.3, -0.25) is 0 Å². The zero-order chi connectivity index (χ0) is 19.2. The molecule has 0 atom stereocenters. The Morgan fingerprint density at radius 2 is 1.78 bits per heavy atom. The van der Waals surface area contributed by atoms with Crippen LogP contribution < -0.4 is 4.74 Å². The maximum atomic E-state index is 11.9. The third-order valence-corrected chi connectivity index (χ3v) is 4.53. The largest absolute Gasteiger partial charge is 0.496 e. The molecule has 0 radical (unpaired) electrons. The van der Waals surface area contributed by atoms with Crippen molar-refractivity contribution in [2.24, 2.45) is 4.99 Å². The molecule has 3 rings (SSSR count). The summed E-state index contributed by atoms with van der Waals surface area (Å²) >= 11 is 12.1. The van der Waals surface area contributed by atoms with Crippen LogP contribution in [0.15, 0.2) is 71.4 Å². The first-order valence-corrected chi connectivity index (χ1v) is 8.78. The van der Waals surface area contributed by atoms with Gasteiger partial charge in [-0.2, -0.15) is 0 Å². The molecule has 0 N–H and O–H groups in total. The smallest absolute Gasteiger partial charge is 0.363 e. The van der Waals surface area contributed by atoms with E-state index in [4.69, 9.17) is 32.7 Å². The molecule has 0 aliphatic carbocycles. The van der Waals surface area contributed by atoms with Gasteiger partial charge in [0.15, 0.2) is 5.70 Å². The molecule has 0 unspecified atom stereocenters. The van der Waals surface area contributed by atoms with E-state index in [0.717, 1.165) is 11.3 Å². The van der Waals surface area contributed by atoms with Crippen molar-refractivity contribution in [1.82, 2.24) is 0 Å². The van der Waals surface area contributed by atoms with Crippen LogP contribution in [-0.4, -0.2) is 19.0 Å². The van der Waals surface area contributed by atoms with E-state index in [9.17, 15) is 4.79 Å². The first-order valence-electron chi connectivity index (χ1n) is 8.03. The van der Waals surface area contributed by atoms with E-state index in [2.05, 4.69) is 4.99 Å². The summed E-state index contributed by atoms with van der Waals surface area (Å²) in [5, 5.41) is 0.877. The average Bonchev–Trinajstić information content (AvgIpc) is 3.03. The number of carbonyl (C=O) groups excluding carboxylic acids is 1. The first kappa shape index (κ1) is 19.0. The number of carbonyl (C=O) groups is 1. The summed E-state index contributed by atoms with van der Waals surface area (Å²) < 4.78 is 10.4. The molecule has 4 nitrogen and oxygen atoms in total. The van der Waals surface area contributed by atoms with Gasteiger partial charge in [0.1, 0.15) is 5.75 Å². The van der Waals surface area contributed by atoms with Crippen molar-refractivity contribution < 1.29 is 14.3 Å². The Balaban J connectivity index is 1.75. The van der Waals surface area contributed by atoms with Gasteiger partial charge in [0, 0.05) is 11.6 Å². The number of esters is 1. The van der Waals surface area contributed by atoms with Crippen molar-refractivity contribution in [3.8, 4) is 5.75 Å². The van der Waals surface area contributed by atoms with Crippen molar-refractivity contribution in [3.63, 3.8) is 0 Å². The van der Waals surface area contributed by atoms with E-state index in [1.165, 1.54) is 0 Å². The number of ether oxygens (including phenoxy) is 2. The molecule has 1 heterocycles. The average molecular weight is 400 g/mol. The molecule has 0 spiro atoms. The number of nitrogens with zero attached hydrogens (tertiary/aromatic N) is 1. The maximum absolute atomic E-state index is 11.9. The van der Waals surface area contributed by atoms with Crippen LogP contribution >= 0.6 is 23.2 Å². The molecule has 136 valence electrons. The molecule has 27 heavy (non-hydrogen) atoms. The standard InChI is InChI=1S/C21H15Cl2NO3/c1-26-18-11-3-2-6-14(18)7-5-10-17-21(25)27-19(24-17)13-12-15-8-4-9-16(22)20(15)23/h2-13H,1H3. The number of cyclic esters (lactones) is 1. The summed E-state index contributed by atoms with van der Waals surface area (Å²) in [5.74, 6) is 0.413. The quantitative estimate of drug-likeness (QED) is 0.487. The lowest BCUT2D eigenvalue weighted by atomic mass is 10.2. The first-order chi connectivity index (χ1) is 13.1. The van der Waals surface area contributed by atoms with E-state index < -0.39 is 5.97 Å². The van der Waals surface area contributed by atoms with Crippen LogP contribution in [0, 0.1) is 0 Å². The second kappa shape index (κ2) is 8.71. The van der Waals surface area contributed by atoms with E-state index in [1.807, 2.05) is 30.3 Å². The van der Waals surface area contributed by atoms with Crippen LogP contribution in [0.5, 0.6) is 5.75 Å². The van der Waals surface area contributed by atoms with Gasteiger partial charge in [0.05, 0.1) is 17.2 Å². The number of methoxy groups -OCH3 is 1. The Bertz CT molecular complexity index is 991. The summed E-state index contributed by atoms with van der Waals surface area (Å²) in [6, 6.07) is 12.8. The fraction of sp³-hybridized carbons (Fsp3) is 0.0476. The Morgan fingerprint density at radius 3 is 2.59 bits per heavy atom. The normalized spacial score (nSPS) is 15.6. The predicted octanol–water partition coefficient (Wildman–Crippen LogP) is 5.57. The Labute approximate surface area is 167 Å². The van der Waals surface area contributed by atoms with Crippen LogP contribution in [0.25, 0.3) is 12.2 Å². The molecular formula is C21H15Cl2NO3. The number of aliphatic imine (C=N–C) groups is 1. The lowest BCUT2D eigenvalue weighted by Crippen LogP contribution is -2.01. The Morgan fingerprint density at radius 1 is 1.00 bits per heavy atom. The van der Waals surface area contributed by atoms with Crippen molar-refractivity contribution in [2.45, 2.75) is 0 Å². The van der Waals surface area contributed by atoms with Crippen molar-refractivity contribution in [1.29, 1.82) is 0 Å². The Hall–Kier alpha value is -2.82. The number of hydrogen-bond donors (Lipinski definition) is 0. The summed E-state index contributed by atoms with van der Waals surface area (Å²) in [6.07, 6.45) is 8.39. The SMILES string of the molecule is COc1ccccc1C=CC=C1N=C(C=Cc2cccc(Cl)c2Cl)OC1=O. The van der Waals surface area contributed by atoms with E-state index >= 15 is 0 Å². The second-order valence-corrected chi connectivity index (χ2v) is 6.25. The van der Waals surface area contributed by atoms with E-state index in [-0.39, 0.29) is 11.6 Å². The highest BCUT2D eigenvalue weighted by Gasteiger charge is 2.20. The summed E-state index contributed by atoms with van der Waals surface area (Å²) in [5.41, 5.74) is 1.80.